The van der Waals surface area contributed by atoms with Gasteiger partial charge in [0.15, 0.2) is 0 Å². The number of benzene rings is 5. The first-order valence-corrected chi connectivity index (χ1v) is 16.9. The van der Waals surface area contributed by atoms with Gasteiger partial charge < -0.3 is 5.32 Å². The number of hydrogen-bond acceptors (Lipinski definition) is 4. The fourth-order valence-corrected chi connectivity index (χ4v) is 7.13. The van der Waals surface area contributed by atoms with Crippen LogP contribution in [0.15, 0.2) is 158 Å². The molecular weight excluding hydrogens is 617 g/mol. The van der Waals surface area contributed by atoms with E-state index in [-0.39, 0.29) is 17.8 Å². The van der Waals surface area contributed by atoms with Crippen molar-refractivity contribution in [1.29, 1.82) is 0 Å². The van der Waals surface area contributed by atoms with Gasteiger partial charge in [0.1, 0.15) is 0 Å². The van der Waals surface area contributed by atoms with Gasteiger partial charge in [-0.3, -0.25) is 19.6 Å². The van der Waals surface area contributed by atoms with Crippen molar-refractivity contribution in [3.8, 4) is 11.3 Å². The molecule has 3 aromatic heterocycles. The lowest BCUT2D eigenvalue weighted by Crippen LogP contribution is -2.35. The van der Waals surface area contributed by atoms with Gasteiger partial charge in [0.2, 0.25) is 5.82 Å². The Kier molecular flexibility index (Phi) is 8.22. The maximum absolute atomic E-state index is 13.4. The minimum atomic E-state index is -0.547. The molecule has 0 radical (unpaired) electrons. The minimum absolute atomic E-state index is 0.0788. The summed E-state index contributed by atoms with van der Waals surface area (Å²) in [6.45, 7) is 2.57. The SMILES string of the molecule is C[C@H](Cc1ccccc1)NC(=O)c1nc2cc3c(-c4ccncc4)[nH]n(CC(c4ccccc4)(c4ccccc4)c4ccccc4)c3cc2n1. The zero-order valence-corrected chi connectivity index (χ0v) is 27.7. The Morgan fingerprint density at radius 3 is 1.80 bits per heavy atom. The molecule has 7 heteroatoms. The van der Waals surface area contributed by atoms with E-state index in [4.69, 9.17) is 9.97 Å². The van der Waals surface area contributed by atoms with E-state index in [0.29, 0.717) is 17.6 Å². The highest BCUT2D eigenvalue weighted by Crippen LogP contribution is 2.42. The third-order valence-corrected chi connectivity index (χ3v) is 9.48. The van der Waals surface area contributed by atoms with Crippen molar-refractivity contribution < 1.29 is 4.79 Å². The zero-order valence-electron chi connectivity index (χ0n) is 27.7. The van der Waals surface area contributed by atoms with E-state index in [1.165, 1.54) is 16.7 Å². The van der Waals surface area contributed by atoms with Crippen LogP contribution in [0.3, 0.4) is 0 Å². The van der Waals surface area contributed by atoms with Crippen molar-refractivity contribution in [3.63, 3.8) is 0 Å². The summed E-state index contributed by atoms with van der Waals surface area (Å²) >= 11 is 0. The van der Waals surface area contributed by atoms with Crippen molar-refractivity contribution in [2.45, 2.75) is 31.3 Å². The normalized spacial score (nSPS) is 12.3. The average molecular weight is 653 g/mol. The number of fused-ring (bicyclic) bond motifs is 2. The molecule has 0 aliphatic carbocycles. The Labute approximate surface area is 290 Å². The third kappa shape index (κ3) is 5.83. The molecule has 244 valence electrons. The van der Waals surface area contributed by atoms with Crippen LogP contribution in [0.25, 0.3) is 33.2 Å². The lowest BCUT2D eigenvalue weighted by molar-refractivity contribution is 0.0931. The second kappa shape index (κ2) is 13.3. The molecule has 0 saturated carbocycles. The number of aromatic amines is 1. The van der Waals surface area contributed by atoms with Crippen molar-refractivity contribution in [2.75, 3.05) is 0 Å². The molecule has 8 rings (SSSR count). The molecule has 0 unspecified atom stereocenters. The van der Waals surface area contributed by atoms with Gasteiger partial charge in [-0.15, -0.1) is 0 Å². The van der Waals surface area contributed by atoms with Crippen LogP contribution < -0.4 is 5.32 Å². The molecule has 0 aliphatic heterocycles. The Balaban J connectivity index is 1.27. The van der Waals surface area contributed by atoms with E-state index in [1.807, 2.05) is 43.3 Å². The van der Waals surface area contributed by atoms with Gasteiger partial charge in [0.25, 0.3) is 5.91 Å². The molecule has 50 heavy (non-hydrogen) atoms. The van der Waals surface area contributed by atoms with Crippen LogP contribution in [0, 0.1) is 0 Å². The fraction of sp³-hybridized carbons (Fsp3) is 0.116. The van der Waals surface area contributed by atoms with Crippen molar-refractivity contribution in [3.05, 3.63) is 186 Å². The highest BCUT2D eigenvalue weighted by molar-refractivity contribution is 6.03. The largest absolute Gasteiger partial charge is 0.347 e. The van der Waals surface area contributed by atoms with Crippen LogP contribution in [0.4, 0.5) is 0 Å². The summed E-state index contributed by atoms with van der Waals surface area (Å²) in [4.78, 5) is 27.2. The fourth-order valence-electron chi connectivity index (χ4n) is 7.13. The number of nitrogens with zero attached hydrogens (tertiary/aromatic N) is 4. The summed E-state index contributed by atoms with van der Waals surface area (Å²) < 4.78 is 2.22. The summed E-state index contributed by atoms with van der Waals surface area (Å²) in [7, 11) is 0. The van der Waals surface area contributed by atoms with Gasteiger partial charge in [0, 0.05) is 29.4 Å². The van der Waals surface area contributed by atoms with E-state index >= 15 is 0 Å². The topological polar surface area (TPSA) is 88.5 Å². The van der Waals surface area contributed by atoms with E-state index in [0.717, 1.165) is 34.1 Å². The van der Waals surface area contributed by atoms with Crippen LogP contribution >= 0.6 is 0 Å². The molecule has 0 fully saturated rings. The number of amides is 1. The predicted molar refractivity (Wildman–Crippen MR) is 199 cm³/mol. The quantitative estimate of drug-likeness (QED) is 0.145. The van der Waals surface area contributed by atoms with Crippen molar-refractivity contribution in [2.24, 2.45) is 0 Å². The number of hydrogen-bond donors (Lipinski definition) is 2. The molecule has 0 spiro atoms. The lowest BCUT2D eigenvalue weighted by atomic mass is 9.69. The van der Waals surface area contributed by atoms with Crippen LogP contribution in [-0.2, 0) is 18.4 Å². The highest BCUT2D eigenvalue weighted by atomic mass is 16.2. The van der Waals surface area contributed by atoms with Crippen LogP contribution in [0.5, 0.6) is 0 Å². The Morgan fingerprint density at radius 2 is 1.24 bits per heavy atom. The number of aromatic nitrogens is 5. The molecule has 1 atom stereocenters. The number of carbonyl (C=O) groups excluding carboxylic acids is 1. The molecule has 2 N–H and O–H groups in total. The summed E-state index contributed by atoms with van der Waals surface area (Å²) in [5.41, 5.74) is 8.38. The Morgan fingerprint density at radius 1 is 0.720 bits per heavy atom. The second-order valence-corrected chi connectivity index (χ2v) is 12.8. The molecular formula is C43H36N6O. The first kappa shape index (κ1) is 31.0. The molecule has 0 aliphatic rings. The molecule has 7 nitrogen and oxygen atoms in total. The number of pyridine rings is 1. The van der Waals surface area contributed by atoms with Crippen molar-refractivity contribution >= 4 is 27.8 Å². The van der Waals surface area contributed by atoms with E-state index in [9.17, 15) is 4.79 Å². The highest BCUT2D eigenvalue weighted by Gasteiger charge is 2.37. The molecule has 8 aromatic rings. The first-order chi connectivity index (χ1) is 24.6. The number of imidazole rings is 1. The molecule has 0 bridgehead atoms. The first-order valence-electron chi connectivity index (χ1n) is 16.9. The molecule has 5 aromatic carbocycles. The van der Waals surface area contributed by atoms with Gasteiger partial charge in [-0.25, -0.2) is 9.97 Å². The predicted octanol–water partition coefficient (Wildman–Crippen LogP) is 8.37. The summed E-state index contributed by atoms with van der Waals surface area (Å²) in [6.07, 6.45) is 4.32. The Bertz CT molecular complexity index is 2270. The zero-order chi connectivity index (χ0) is 33.9. The molecule has 1 amide bonds. The van der Waals surface area contributed by atoms with Crippen LogP contribution in [-0.4, -0.2) is 36.7 Å². The van der Waals surface area contributed by atoms with E-state index in [2.05, 4.69) is 129 Å². The smallest absolute Gasteiger partial charge is 0.289 e. The summed E-state index contributed by atoms with van der Waals surface area (Å²) in [6, 6.07) is 50.2. The van der Waals surface area contributed by atoms with Crippen LogP contribution in [0.1, 0.15) is 39.8 Å². The average Bonchev–Trinajstić information content (AvgIpc) is 3.75. The number of carbonyl (C=O) groups is 1. The minimum Gasteiger partial charge on any atom is -0.347 e. The third-order valence-electron chi connectivity index (χ3n) is 9.48. The van der Waals surface area contributed by atoms with Gasteiger partial charge >= 0.3 is 0 Å². The standard InChI is InChI=1S/C43H36N6O/c1-30(26-31-14-6-2-7-15-31)45-42(50)41-46-37-27-36-39(28-38(37)47-41)49(48-40(36)32-22-24-44-25-23-32)29-43(33-16-8-3-9-17-33,34-18-10-4-11-19-34)35-20-12-5-13-21-35/h2-25,27-28,30,48H,26,29H2,1H3,(H,45,50)/t30-/m1/s1. The maximum atomic E-state index is 13.4. The number of nitrogens with one attached hydrogen (secondary N) is 2. The van der Waals surface area contributed by atoms with Crippen molar-refractivity contribution in [1.82, 2.24) is 30.0 Å². The van der Waals surface area contributed by atoms with Gasteiger partial charge in [-0.2, -0.15) is 0 Å². The van der Waals surface area contributed by atoms with Gasteiger partial charge in [0.05, 0.1) is 34.2 Å². The summed E-state index contributed by atoms with van der Waals surface area (Å²) in [5.74, 6) is -0.116. The van der Waals surface area contributed by atoms with E-state index in [1.54, 1.807) is 12.4 Å². The van der Waals surface area contributed by atoms with Gasteiger partial charge in [-0.05, 0) is 59.9 Å². The lowest BCUT2D eigenvalue weighted by Gasteiger charge is -2.36. The van der Waals surface area contributed by atoms with Gasteiger partial charge in [-0.1, -0.05) is 121 Å². The number of H-pyrrole nitrogens is 1. The van der Waals surface area contributed by atoms with Crippen LogP contribution in [0.2, 0.25) is 0 Å². The number of rotatable bonds is 10. The monoisotopic (exact) mass is 652 g/mol. The Hall–Kier alpha value is -6.34. The second-order valence-electron chi connectivity index (χ2n) is 12.8. The summed E-state index contributed by atoms with van der Waals surface area (Å²) in [5, 5.41) is 7.85. The van der Waals surface area contributed by atoms with E-state index < -0.39 is 5.41 Å². The maximum Gasteiger partial charge on any atom is 0.289 e. The molecule has 3 heterocycles. The molecule has 0 saturated heterocycles.